The van der Waals surface area contributed by atoms with Crippen molar-refractivity contribution >= 4 is 28.6 Å². The molecule has 5 heteroatoms. The van der Waals surface area contributed by atoms with Gasteiger partial charge >= 0.3 is 0 Å². The van der Waals surface area contributed by atoms with Crippen LogP contribution in [-0.4, -0.2) is 24.5 Å². The van der Waals surface area contributed by atoms with Crippen LogP contribution < -0.4 is 10.1 Å². The molecule has 0 fully saturated rings. The van der Waals surface area contributed by atoms with E-state index in [4.69, 9.17) is 4.74 Å². The maximum Gasteiger partial charge on any atom is 0.268 e. The van der Waals surface area contributed by atoms with E-state index in [9.17, 15) is 4.79 Å². The highest BCUT2D eigenvalue weighted by Gasteiger charge is 2.19. The van der Waals surface area contributed by atoms with Crippen LogP contribution in [0.2, 0.25) is 0 Å². The Labute approximate surface area is 145 Å². The molecule has 2 aromatic carbocycles. The van der Waals surface area contributed by atoms with Crippen molar-refractivity contribution in [3.05, 3.63) is 54.2 Å². The first-order valence-electron chi connectivity index (χ1n) is 7.93. The molecule has 0 saturated carbocycles. The lowest BCUT2D eigenvalue weighted by molar-refractivity contribution is 0.0946. The summed E-state index contributed by atoms with van der Waals surface area (Å²) >= 11 is 1.59. The van der Waals surface area contributed by atoms with Crippen molar-refractivity contribution in [3.63, 3.8) is 0 Å². The molecule has 0 spiro atoms. The number of amides is 1. The van der Waals surface area contributed by atoms with E-state index in [-0.39, 0.29) is 5.91 Å². The summed E-state index contributed by atoms with van der Waals surface area (Å²) < 4.78 is 5.29. The lowest BCUT2D eigenvalue weighted by Crippen LogP contribution is -2.24. The van der Waals surface area contributed by atoms with Crippen LogP contribution in [0.4, 0.5) is 0 Å². The van der Waals surface area contributed by atoms with Gasteiger partial charge in [0.25, 0.3) is 5.91 Å². The second-order valence-corrected chi connectivity index (χ2v) is 6.50. The average molecular weight is 340 g/mol. The predicted octanol–water partition coefficient (Wildman–Crippen LogP) is 4.47. The lowest BCUT2D eigenvalue weighted by Gasteiger charge is -2.06. The Balaban J connectivity index is 2.06. The number of H-pyrrole nitrogens is 1. The molecule has 0 saturated heterocycles. The van der Waals surface area contributed by atoms with Crippen LogP contribution in [0.1, 0.15) is 23.8 Å². The second kappa shape index (κ2) is 7.45. The molecule has 0 aliphatic carbocycles. The normalized spacial score (nSPS) is 10.8. The van der Waals surface area contributed by atoms with Gasteiger partial charge < -0.3 is 15.0 Å². The summed E-state index contributed by atoms with van der Waals surface area (Å²) in [6.45, 7) is 2.70. The number of nitrogens with one attached hydrogen (secondary N) is 2. The molecular formula is C19H20N2O2S. The van der Waals surface area contributed by atoms with Gasteiger partial charge in [0.1, 0.15) is 11.4 Å². The van der Waals surface area contributed by atoms with Gasteiger partial charge in [-0.05, 0) is 30.7 Å². The van der Waals surface area contributed by atoms with Crippen LogP contribution in [0, 0.1) is 0 Å². The molecule has 1 aromatic heterocycles. The number of ether oxygens (including phenoxy) is 1. The number of carbonyl (C=O) groups excluding carboxylic acids is 1. The smallest absolute Gasteiger partial charge is 0.268 e. The number of hydrogen-bond donors (Lipinski definition) is 2. The number of hydrogen-bond acceptors (Lipinski definition) is 3. The van der Waals surface area contributed by atoms with Gasteiger partial charge in [-0.2, -0.15) is 0 Å². The quantitative estimate of drug-likeness (QED) is 0.696. The Morgan fingerprint density at radius 2 is 2.00 bits per heavy atom. The number of aromatic nitrogens is 1. The fraction of sp³-hybridized carbons (Fsp3) is 0.211. The Bertz CT molecular complexity index is 843. The maximum absolute atomic E-state index is 12.6. The van der Waals surface area contributed by atoms with Crippen LogP contribution in [0.3, 0.4) is 0 Å². The zero-order valence-corrected chi connectivity index (χ0v) is 14.6. The van der Waals surface area contributed by atoms with Crippen LogP contribution in [0.25, 0.3) is 10.9 Å². The van der Waals surface area contributed by atoms with Crippen molar-refractivity contribution < 1.29 is 9.53 Å². The Morgan fingerprint density at radius 3 is 2.71 bits per heavy atom. The first kappa shape index (κ1) is 16.5. The molecule has 0 aliphatic heterocycles. The molecular weight excluding hydrogens is 320 g/mol. The minimum atomic E-state index is -0.0783. The zero-order valence-electron chi connectivity index (χ0n) is 13.8. The Hall–Kier alpha value is -2.40. The molecule has 3 aromatic rings. The lowest BCUT2D eigenvalue weighted by atomic mass is 10.2. The van der Waals surface area contributed by atoms with Crippen LogP contribution in [-0.2, 0) is 0 Å². The monoisotopic (exact) mass is 340 g/mol. The van der Waals surface area contributed by atoms with Gasteiger partial charge in [-0.3, -0.25) is 4.79 Å². The molecule has 4 nitrogen and oxygen atoms in total. The summed E-state index contributed by atoms with van der Waals surface area (Å²) in [7, 11) is 1.64. The van der Waals surface area contributed by atoms with Crippen molar-refractivity contribution in [2.45, 2.75) is 23.1 Å². The standard InChI is InChI=1S/C19H20N2O2S/c1-3-11-20-19(22)17-18(24-14-7-5-4-6-8-14)15-10-9-13(23-2)12-16(15)21-17/h4-10,12,21H,3,11H2,1-2H3,(H,20,22). The fourth-order valence-corrected chi connectivity index (χ4v) is 3.54. The number of methoxy groups -OCH3 is 1. The van der Waals surface area contributed by atoms with E-state index in [1.54, 1.807) is 18.9 Å². The van der Waals surface area contributed by atoms with Crippen molar-refractivity contribution in [2.24, 2.45) is 0 Å². The van der Waals surface area contributed by atoms with Gasteiger partial charge in [-0.15, -0.1) is 0 Å². The number of rotatable bonds is 6. The van der Waals surface area contributed by atoms with E-state index in [1.807, 2.05) is 55.5 Å². The van der Waals surface area contributed by atoms with Crippen LogP contribution >= 0.6 is 11.8 Å². The summed E-state index contributed by atoms with van der Waals surface area (Å²) in [6, 6.07) is 15.9. The van der Waals surface area contributed by atoms with E-state index in [1.165, 1.54) is 0 Å². The second-order valence-electron chi connectivity index (χ2n) is 5.41. The molecule has 0 unspecified atom stereocenters. The minimum Gasteiger partial charge on any atom is -0.497 e. The van der Waals surface area contributed by atoms with Crippen molar-refractivity contribution in [1.82, 2.24) is 10.3 Å². The summed E-state index contributed by atoms with van der Waals surface area (Å²) in [6.07, 6.45) is 0.904. The maximum atomic E-state index is 12.6. The van der Waals surface area contributed by atoms with Gasteiger partial charge in [0.15, 0.2) is 0 Å². The summed E-state index contributed by atoms with van der Waals surface area (Å²) in [5.74, 6) is 0.686. The molecule has 0 radical (unpaired) electrons. The predicted molar refractivity (Wildman–Crippen MR) is 98.0 cm³/mol. The third kappa shape index (κ3) is 3.41. The molecule has 124 valence electrons. The summed E-state index contributed by atoms with van der Waals surface area (Å²) in [5.41, 5.74) is 1.50. The first-order chi connectivity index (χ1) is 11.7. The van der Waals surface area contributed by atoms with Crippen molar-refractivity contribution in [3.8, 4) is 5.75 Å². The topological polar surface area (TPSA) is 54.1 Å². The molecule has 0 aliphatic rings. The highest BCUT2D eigenvalue weighted by Crippen LogP contribution is 2.37. The molecule has 3 rings (SSSR count). The molecule has 2 N–H and O–H groups in total. The first-order valence-corrected chi connectivity index (χ1v) is 8.75. The van der Waals surface area contributed by atoms with Gasteiger partial charge in [0, 0.05) is 22.9 Å². The molecule has 1 heterocycles. The van der Waals surface area contributed by atoms with Crippen LogP contribution in [0.15, 0.2) is 58.3 Å². The largest absolute Gasteiger partial charge is 0.497 e. The Morgan fingerprint density at radius 1 is 1.21 bits per heavy atom. The van der Waals surface area contributed by atoms with Gasteiger partial charge in [-0.25, -0.2) is 0 Å². The SMILES string of the molecule is CCCNC(=O)c1[nH]c2cc(OC)ccc2c1Sc1ccccc1. The highest BCUT2D eigenvalue weighted by molar-refractivity contribution is 7.99. The van der Waals surface area contributed by atoms with E-state index < -0.39 is 0 Å². The summed E-state index contributed by atoms with van der Waals surface area (Å²) in [5, 5.41) is 3.97. The van der Waals surface area contributed by atoms with E-state index in [0.717, 1.165) is 32.9 Å². The molecule has 0 bridgehead atoms. The molecule has 24 heavy (non-hydrogen) atoms. The van der Waals surface area contributed by atoms with Crippen LogP contribution in [0.5, 0.6) is 5.75 Å². The van der Waals surface area contributed by atoms with Gasteiger partial charge in [-0.1, -0.05) is 36.9 Å². The fourth-order valence-electron chi connectivity index (χ4n) is 2.48. The van der Waals surface area contributed by atoms with E-state index in [0.29, 0.717) is 12.2 Å². The average Bonchev–Trinajstić information content (AvgIpc) is 2.98. The number of benzene rings is 2. The molecule has 0 atom stereocenters. The van der Waals surface area contributed by atoms with Gasteiger partial charge in [0.05, 0.1) is 17.5 Å². The highest BCUT2D eigenvalue weighted by atomic mass is 32.2. The third-order valence-electron chi connectivity index (χ3n) is 3.68. The molecule has 1 amide bonds. The number of aromatic amines is 1. The third-order valence-corrected chi connectivity index (χ3v) is 4.82. The van der Waals surface area contributed by atoms with Crippen molar-refractivity contribution in [2.75, 3.05) is 13.7 Å². The number of fused-ring (bicyclic) bond motifs is 1. The van der Waals surface area contributed by atoms with E-state index in [2.05, 4.69) is 10.3 Å². The van der Waals surface area contributed by atoms with Gasteiger partial charge in [0.2, 0.25) is 0 Å². The minimum absolute atomic E-state index is 0.0783. The van der Waals surface area contributed by atoms with E-state index >= 15 is 0 Å². The zero-order chi connectivity index (χ0) is 16.9. The summed E-state index contributed by atoms with van der Waals surface area (Å²) in [4.78, 5) is 17.8. The van der Waals surface area contributed by atoms with Crippen molar-refractivity contribution in [1.29, 1.82) is 0 Å². The Kier molecular flexibility index (Phi) is 5.11. The number of carbonyl (C=O) groups is 1.